The molecule has 0 saturated heterocycles. The third-order valence-electron chi connectivity index (χ3n) is 3.12. The van der Waals surface area contributed by atoms with Crippen molar-refractivity contribution in [2.45, 2.75) is 6.42 Å². The number of benzene rings is 2. The van der Waals surface area contributed by atoms with Crippen molar-refractivity contribution in [3.05, 3.63) is 66.1 Å². The number of ether oxygens (including phenoxy) is 1. The number of aromatic amines is 1. The summed E-state index contributed by atoms with van der Waals surface area (Å²) in [7, 11) is 0. The van der Waals surface area contributed by atoms with Crippen LogP contribution < -0.4 is 4.74 Å². The number of hydrogen-bond donors (Lipinski definition) is 1. The zero-order valence-electron chi connectivity index (χ0n) is 10.4. The Labute approximate surface area is 110 Å². The molecule has 0 aliphatic heterocycles. The van der Waals surface area contributed by atoms with Crippen molar-refractivity contribution < 1.29 is 9.13 Å². The number of nitrogens with one attached hydrogen (secondary N) is 1. The maximum atomic E-state index is 13.4. The Bertz CT molecular complexity index is 690. The maximum Gasteiger partial charge on any atom is 0.126 e. The Morgan fingerprint density at radius 3 is 2.84 bits per heavy atom. The van der Waals surface area contributed by atoms with E-state index in [2.05, 4.69) is 4.98 Å². The van der Waals surface area contributed by atoms with Crippen molar-refractivity contribution in [1.29, 1.82) is 0 Å². The molecule has 0 atom stereocenters. The molecule has 0 spiro atoms. The molecule has 0 fully saturated rings. The highest BCUT2D eigenvalue weighted by molar-refractivity contribution is 5.80. The minimum absolute atomic E-state index is 0.175. The van der Waals surface area contributed by atoms with Gasteiger partial charge in [0.25, 0.3) is 0 Å². The molecule has 0 unspecified atom stereocenters. The van der Waals surface area contributed by atoms with Gasteiger partial charge in [0, 0.05) is 24.2 Å². The van der Waals surface area contributed by atoms with Gasteiger partial charge in [-0.2, -0.15) is 0 Å². The fraction of sp³-hybridized carbons (Fsp3) is 0.125. The van der Waals surface area contributed by atoms with Gasteiger partial charge < -0.3 is 9.72 Å². The predicted octanol–water partition coefficient (Wildman–Crippen LogP) is 3.93. The summed E-state index contributed by atoms with van der Waals surface area (Å²) in [6, 6.07) is 14.7. The maximum absolute atomic E-state index is 13.4. The van der Waals surface area contributed by atoms with E-state index >= 15 is 0 Å². The van der Waals surface area contributed by atoms with Gasteiger partial charge in [0.2, 0.25) is 0 Å². The number of hydrogen-bond acceptors (Lipinski definition) is 1. The van der Waals surface area contributed by atoms with Gasteiger partial charge in [-0.25, -0.2) is 4.39 Å². The molecule has 3 aromatic rings. The van der Waals surface area contributed by atoms with Gasteiger partial charge in [-0.15, -0.1) is 0 Å². The molecule has 3 rings (SSSR count). The lowest BCUT2D eigenvalue weighted by Crippen LogP contribution is -2.02. The highest BCUT2D eigenvalue weighted by Gasteiger charge is 2.02. The Morgan fingerprint density at radius 2 is 1.95 bits per heavy atom. The second-order valence-corrected chi connectivity index (χ2v) is 4.42. The highest BCUT2D eigenvalue weighted by atomic mass is 19.1. The smallest absolute Gasteiger partial charge is 0.126 e. The fourth-order valence-corrected chi connectivity index (χ4v) is 2.10. The second kappa shape index (κ2) is 5.14. The summed E-state index contributed by atoms with van der Waals surface area (Å²) in [6.45, 7) is 0.465. The van der Waals surface area contributed by atoms with E-state index in [0.29, 0.717) is 18.6 Å². The first-order valence-corrected chi connectivity index (χ1v) is 6.26. The third kappa shape index (κ3) is 2.60. The molecule has 1 aromatic heterocycles. The average Bonchev–Trinajstić information content (AvgIpc) is 2.88. The fourth-order valence-electron chi connectivity index (χ4n) is 2.10. The molecule has 0 aliphatic rings. The molecule has 2 aromatic carbocycles. The van der Waals surface area contributed by atoms with Crippen LogP contribution in [0.4, 0.5) is 4.39 Å². The zero-order valence-corrected chi connectivity index (χ0v) is 10.4. The van der Waals surface area contributed by atoms with Crippen LogP contribution in [0.5, 0.6) is 5.75 Å². The molecule has 0 aliphatic carbocycles. The van der Waals surface area contributed by atoms with Gasteiger partial charge in [0.15, 0.2) is 0 Å². The first-order chi connectivity index (χ1) is 9.33. The average molecular weight is 255 g/mol. The van der Waals surface area contributed by atoms with Crippen molar-refractivity contribution in [2.24, 2.45) is 0 Å². The van der Waals surface area contributed by atoms with Crippen LogP contribution in [0.1, 0.15) is 5.56 Å². The van der Waals surface area contributed by atoms with Gasteiger partial charge in [-0.05, 0) is 35.2 Å². The first kappa shape index (κ1) is 11.8. The van der Waals surface area contributed by atoms with Crippen LogP contribution in [-0.2, 0) is 6.42 Å². The second-order valence-electron chi connectivity index (χ2n) is 4.42. The van der Waals surface area contributed by atoms with Crippen LogP contribution >= 0.6 is 0 Å². The first-order valence-electron chi connectivity index (χ1n) is 6.26. The molecule has 0 amide bonds. The zero-order chi connectivity index (χ0) is 13.1. The normalized spacial score (nSPS) is 10.8. The van der Waals surface area contributed by atoms with Crippen LogP contribution in [-0.4, -0.2) is 11.6 Å². The van der Waals surface area contributed by atoms with E-state index in [1.165, 1.54) is 6.07 Å². The van der Waals surface area contributed by atoms with E-state index in [1.54, 1.807) is 12.1 Å². The molecule has 0 saturated carbocycles. The predicted molar refractivity (Wildman–Crippen MR) is 73.9 cm³/mol. The van der Waals surface area contributed by atoms with E-state index in [4.69, 9.17) is 4.74 Å². The monoisotopic (exact) mass is 255 g/mol. The van der Waals surface area contributed by atoms with E-state index in [0.717, 1.165) is 16.7 Å². The molecule has 0 bridgehead atoms. The molecule has 96 valence electrons. The highest BCUT2D eigenvalue weighted by Crippen LogP contribution is 2.19. The summed E-state index contributed by atoms with van der Waals surface area (Å²) >= 11 is 0. The number of aromatic nitrogens is 1. The van der Waals surface area contributed by atoms with Gasteiger partial charge in [-0.3, -0.25) is 0 Å². The summed E-state index contributed by atoms with van der Waals surface area (Å²) < 4.78 is 19.1. The molecule has 0 radical (unpaired) electrons. The van der Waals surface area contributed by atoms with Crippen molar-refractivity contribution in [2.75, 3.05) is 6.61 Å². The summed E-state index contributed by atoms with van der Waals surface area (Å²) in [5.74, 6) is 0.622. The van der Waals surface area contributed by atoms with Gasteiger partial charge in [-0.1, -0.05) is 18.2 Å². The number of H-pyrrole nitrogens is 1. The SMILES string of the molecule is Fc1ccccc1CCOc1ccc2cc[nH]c2c1. The lowest BCUT2D eigenvalue weighted by atomic mass is 10.1. The van der Waals surface area contributed by atoms with Crippen molar-refractivity contribution >= 4 is 10.9 Å². The molecular formula is C16H14FNO. The standard InChI is InChI=1S/C16H14FNO/c17-15-4-2-1-3-12(15)8-10-19-14-6-5-13-7-9-18-16(13)11-14/h1-7,9,11,18H,8,10H2. The number of halogens is 1. The van der Waals surface area contributed by atoms with Crippen molar-refractivity contribution in [3.8, 4) is 5.75 Å². The van der Waals surface area contributed by atoms with E-state index < -0.39 is 0 Å². The molecule has 1 heterocycles. The summed E-state index contributed by atoms with van der Waals surface area (Å²) in [5.41, 5.74) is 1.73. The van der Waals surface area contributed by atoms with E-state index in [9.17, 15) is 4.39 Å². The lowest BCUT2D eigenvalue weighted by Gasteiger charge is -2.07. The summed E-state index contributed by atoms with van der Waals surface area (Å²) in [6.07, 6.45) is 2.46. The number of rotatable bonds is 4. The minimum Gasteiger partial charge on any atom is -0.493 e. The summed E-state index contributed by atoms with van der Waals surface area (Å²) in [4.78, 5) is 3.14. The lowest BCUT2D eigenvalue weighted by molar-refractivity contribution is 0.320. The van der Waals surface area contributed by atoms with Crippen molar-refractivity contribution in [1.82, 2.24) is 4.98 Å². The van der Waals surface area contributed by atoms with Crippen LogP contribution in [0.3, 0.4) is 0 Å². The Balaban J connectivity index is 1.64. The van der Waals surface area contributed by atoms with Crippen molar-refractivity contribution in [3.63, 3.8) is 0 Å². The molecular weight excluding hydrogens is 241 g/mol. The van der Waals surface area contributed by atoms with Gasteiger partial charge in [0.05, 0.1) is 6.61 Å². The topological polar surface area (TPSA) is 25.0 Å². The molecule has 19 heavy (non-hydrogen) atoms. The third-order valence-corrected chi connectivity index (χ3v) is 3.12. The minimum atomic E-state index is -0.175. The Morgan fingerprint density at radius 1 is 1.05 bits per heavy atom. The molecule has 2 nitrogen and oxygen atoms in total. The Hall–Kier alpha value is -2.29. The van der Waals surface area contributed by atoms with Crippen LogP contribution in [0.2, 0.25) is 0 Å². The molecule has 3 heteroatoms. The Kier molecular flexibility index (Phi) is 3.19. The van der Waals surface area contributed by atoms with Gasteiger partial charge in [0.1, 0.15) is 11.6 Å². The summed E-state index contributed by atoms with van der Waals surface area (Å²) in [5, 5.41) is 1.15. The number of fused-ring (bicyclic) bond motifs is 1. The van der Waals surface area contributed by atoms with Crippen LogP contribution in [0, 0.1) is 5.82 Å². The van der Waals surface area contributed by atoms with E-state index in [1.807, 2.05) is 36.5 Å². The van der Waals surface area contributed by atoms with Gasteiger partial charge >= 0.3 is 0 Å². The van der Waals surface area contributed by atoms with E-state index in [-0.39, 0.29) is 5.82 Å². The quantitative estimate of drug-likeness (QED) is 0.750. The largest absolute Gasteiger partial charge is 0.493 e. The van der Waals surface area contributed by atoms with Crippen LogP contribution in [0.25, 0.3) is 10.9 Å². The van der Waals surface area contributed by atoms with Crippen LogP contribution in [0.15, 0.2) is 54.7 Å². The molecule has 1 N–H and O–H groups in total.